The smallest absolute Gasteiger partial charge is 0.326 e. The van der Waals surface area contributed by atoms with Crippen molar-refractivity contribution < 1.29 is 19.1 Å². The number of carbonyl (C=O) groups excluding carboxylic acids is 3. The molecule has 2 aliphatic rings. The molecule has 1 heterocycles. The van der Waals surface area contributed by atoms with Gasteiger partial charge in [0.25, 0.3) is 0 Å². The largest absolute Gasteiger partial charge is 0.425 e. The van der Waals surface area contributed by atoms with E-state index in [1.54, 1.807) is 36.4 Å². The molecule has 3 atom stereocenters. The minimum Gasteiger partial charge on any atom is -0.425 e. The standard InChI is InChI=1S/C21H16BrClO4/c1-3-20(18(25)12-4-7-14(23)8-5-12)17-15-10-13(22)6-9-16(15)27-19(26)21(17,20)11(2)24/h4-10,17H,3H2,1-2H3/t17-,20+,21-/m1/s1. The number of esters is 1. The molecule has 0 N–H and O–H groups in total. The first-order chi connectivity index (χ1) is 12.8. The highest BCUT2D eigenvalue weighted by Gasteiger charge is 2.87. The fourth-order valence-corrected chi connectivity index (χ4v) is 5.33. The van der Waals surface area contributed by atoms with E-state index in [9.17, 15) is 14.4 Å². The monoisotopic (exact) mass is 446 g/mol. The van der Waals surface area contributed by atoms with E-state index in [4.69, 9.17) is 16.3 Å². The third-order valence-electron chi connectivity index (χ3n) is 5.98. The van der Waals surface area contributed by atoms with Crippen LogP contribution in [0, 0.1) is 10.8 Å². The molecule has 1 saturated carbocycles. The summed E-state index contributed by atoms with van der Waals surface area (Å²) in [5, 5.41) is 0.514. The van der Waals surface area contributed by atoms with Gasteiger partial charge in [0.2, 0.25) is 0 Å². The van der Waals surface area contributed by atoms with Gasteiger partial charge in [-0.25, -0.2) is 0 Å². The minimum absolute atomic E-state index is 0.230. The van der Waals surface area contributed by atoms with Crippen molar-refractivity contribution in [3.8, 4) is 5.75 Å². The first-order valence-corrected chi connectivity index (χ1v) is 9.81. The van der Waals surface area contributed by atoms with E-state index in [1.807, 2.05) is 13.0 Å². The summed E-state index contributed by atoms with van der Waals surface area (Å²) in [6, 6.07) is 11.8. The van der Waals surface area contributed by atoms with Crippen LogP contribution >= 0.6 is 27.5 Å². The second-order valence-corrected chi connectivity index (χ2v) is 8.38. The number of halogens is 2. The number of fused-ring (bicyclic) bond motifs is 3. The predicted octanol–water partition coefficient (Wildman–Crippen LogP) is 4.97. The Bertz CT molecular complexity index is 1000. The van der Waals surface area contributed by atoms with Crippen LogP contribution in [-0.2, 0) is 9.59 Å². The molecular weight excluding hydrogens is 432 g/mol. The van der Waals surface area contributed by atoms with Gasteiger partial charge in [-0.15, -0.1) is 0 Å². The molecule has 1 aliphatic carbocycles. The molecule has 1 aliphatic heterocycles. The third-order valence-corrected chi connectivity index (χ3v) is 6.72. The van der Waals surface area contributed by atoms with Crippen molar-refractivity contribution in [3.05, 3.63) is 63.1 Å². The van der Waals surface area contributed by atoms with Gasteiger partial charge in [-0.1, -0.05) is 34.5 Å². The number of hydrogen-bond donors (Lipinski definition) is 0. The van der Waals surface area contributed by atoms with Crippen LogP contribution in [-0.4, -0.2) is 17.5 Å². The summed E-state index contributed by atoms with van der Waals surface area (Å²) >= 11 is 9.37. The zero-order valence-corrected chi connectivity index (χ0v) is 17.1. The van der Waals surface area contributed by atoms with E-state index in [2.05, 4.69) is 15.9 Å². The Morgan fingerprint density at radius 2 is 1.85 bits per heavy atom. The van der Waals surface area contributed by atoms with Crippen molar-refractivity contribution in [2.75, 3.05) is 0 Å². The van der Waals surface area contributed by atoms with Gasteiger partial charge in [-0.3, -0.25) is 14.4 Å². The average molecular weight is 448 g/mol. The molecule has 4 rings (SSSR count). The van der Waals surface area contributed by atoms with Crippen molar-refractivity contribution in [2.24, 2.45) is 10.8 Å². The third kappa shape index (κ3) is 2.18. The topological polar surface area (TPSA) is 60.4 Å². The summed E-state index contributed by atoms with van der Waals surface area (Å²) < 4.78 is 6.31. The molecule has 0 amide bonds. The number of rotatable bonds is 4. The van der Waals surface area contributed by atoms with Crippen LogP contribution in [0.15, 0.2) is 46.9 Å². The predicted molar refractivity (Wildman–Crippen MR) is 104 cm³/mol. The maximum atomic E-state index is 13.6. The van der Waals surface area contributed by atoms with Gasteiger partial charge in [0.15, 0.2) is 5.78 Å². The van der Waals surface area contributed by atoms with Gasteiger partial charge in [0.1, 0.15) is 16.9 Å². The fraction of sp³-hybridized carbons (Fsp3) is 0.286. The second-order valence-electron chi connectivity index (χ2n) is 7.03. The molecule has 2 aromatic rings. The Labute approximate surface area is 170 Å². The normalized spacial score (nSPS) is 28.0. The lowest BCUT2D eigenvalue weighted by molar-refractivity contribution is -0.148. The minimum atomic E-state index is -1.48. The molecule has 27 heavy (non-hydrogen) atoms. The van der Waals surface area contributed by atoms with Crippen molar-refractivity contribution in [2.45, 2.75) is 26.2 Å². The Balaban J connectivity index is 1.95. The molecule has 0 aromatic heterocycles. The molecule has 0 radical (unpaired) electrons. The van der Waals surface area contributed by atoms with Gasteiger partial charge < -0.3 is 4.74 Å². The van der Waals surface area contributed by atoms with Crippen LogP contribution in [0.4, 0.5) is 0 Å². The van der Waals surface area contributed by atoms with Crippen molar-refractivity contribution in [1.82, 2.24) is 0 Å². The second kappa shape index (κ2) is 6.01. The molecule has 2 aromatic carbocycles. The number of hydrogen-bond acceptors (Lipinski definition) is 4. The molecule has 0 saturated heterocycles. The van der Waals surface area contributed by atoms with E-state index < -0.39 is 22.7 Å². The first kappa shape index (κ1) is 18.4. The summed E-state index contributed by atoms with van der Waals surface area (Å²) in [6.45, 7) is 3.20. The maximum Gasteiger partial charge on any atom is 0.326 e. The summed E-state index contributed by atoms with van der Waals surface area (Å²) in [7, 11) is 0. The van der Waals surface area contributed by atoms with Crippen molar-refractivity contribution in [3.63, 3.8) is 0 Å². The molecule has 0 spiro atoms. The number of ketones is 2. The summed E-state index contributed by atoms with van der Waals surface area (Å²) in [4.78, 5) is 39.3. The molecule has 0 bridgehead atoms. The number of carbonyl (C=O) groups is 3. The van der Waals surface area contributed by atoms with Crippen molar-refractivity contribution >= 4 is 45.1 Å². The lowest BCUT2D eigenvalue weighted by atomic mass is 9.81. The van der Waals surface area contributed by atoms with Gasteiger partial charge >= 0.3 is 5.97 Å². The van der Waals surface area contributed by atoms with Crippen LogP contribution in [0.2, 0.25) is 5.02 Å². The fourth-order valence-electron chi connectivity index (χ4n) is 4.83. The Morgan fingerprint density at radius 3 is 2.44 bits per heavy atom. The molecular formula is C21H16BrClO4. The van der Waals surface area contributed by atoms with Crippen LogP contribution < -0.4 is 4.74 Å². The lowest BCUT2D eigenvalue weighted by Crippen LogP contribution is -2.38. The zero-order chi connectivity index (χ0) is 19.6. The molecule has 138 valence electrons. The van der Waals surface area contributed by atoms with Crippen LogP contribution in [0.3, 0.4) is 0 Å². The Hall–Kier alpha value is -1.98. The molecule has 0 unspecified atom stereocenters. The summed E-state index contributed by atoms with van der Waals surface area (Å²) in [6.07, 6.45) is 0.347. The Kier molecular flexibility index (Phi) is 4.09. The quantitative estimate of drug-likeness (QED) is 0.287. The van der Waals surface area contributed by atoms with E-state index in [0.29, 0.717) is 28.3 Å². The zero-order valence-electron chi connectivity index (χ0n) is 14.7. The molecule has 6 heteroatoms. The van der Waals surface area contributed by atoms with E-state index in [0.717, 1.165) is 4.47 Å². The highest BCUT2D eigenvalue weighted by molar-refractivity contribution is 9.10. The van der Waals surface area contributed by atoms with Crippen LogP contribution in [0.5, 0.6) is 5.75 Å². The number of Topliss-reactive ketones (excluding diaryl/α,β-unsaturated/α-hetero) is 2. The Morgan fingerprint density at radius 1 is 1.19 bits per heavy atom. The van der Waals surface area contributed by atoms with Crippen LogP contribution in [0.1, 0.15) is 42.1 Å². The van der Waals surface area contributed by atoms with Crippen LogP contribution in [0.25, 0.3) is 0 Å². The molecule has 4 nitrogen and oxygen atoms in total. The van der Waals surface area contributed by atoms with E-state index in [1.165, 1.54) is 6.92 Å². The number of ether oxygens (including phenoxy) is 1. The summed E-state index contributed by atoms with van der Waals surface area (Å²) in [5.74, 6) is -1.34. The van der Waals surface area contributed by atoms with Gasteiger partial charge in [-0.2, -0.15) is 0 Å². The highest BCUT2D eigenvalue weighted by Crippen LogP contribution is 2.80. The van der Waals surface area contributed by atoms with E-state index >= 15 is 0 Å². The average Bonchev–Trinajstić information content (AvgIpc) is 3.29. The molecule has 1 fully saturated rings. The van der Waals surface area contributed by atoms with Gasteiger partial charge in [-0.05, 0) is 55.8 Å². The van der Waals surface area contributed by atoms with Crippen molar-refractivity contribution in [1.29, 1.82) is 0 Å². The first-order valence-electron chi connectivity index (χ1n) is 8.63. The summed E-state index contributed by atoms with van der Waals surface area (Å²) in [5.41, 5.74) is -1.49. The lowest BCUT2D eigenvalue weighted by Gasteiger charge is -2.22. The highest BCUT2D eigenvalue weighted by atomic mass is 79.9. The van der Waals surface area contributed by atoms with E-state index in [-0.39, 0.29) is 11.6 Å². The van der Waals surface area contributed by atoms with Gasteiger partial charge in [0.05, 0.1) is 5.41 Å². The van der Waals surface area contributed by atoms with Gasteiger partial charge in [0, 0.05) is 26.5 Å². The maximum absolute atomic E-state index is 13.6. The SMILES string of the molecule is CC[C@@]1(C(=O)c2ccc(Cl)cc2)[C@H]2c3cc(Br)ccc3OC(=O)[C@@]21C(C)=O. The number of benzene rings is 2.